The van der Waals surface area contributed by atoms with Crippen molar-refractivity contribution in [1.29, 1.82) is 0 Å². The summed E-state index contributed by atoms with van der Waals surface area (Å²) in [6, 6.07) is 10.4. The first-order valence-electron chi connectivity index (χ1n) is 8.54. The van der Waals surface area contributed by atoms with Crippen molar-refractivity contribution in [2.75, 3.05) is 25.5 Å². The number of carbonyl (C=O) groups is 2. The van der Waals surface area contributed by atoms with Crippen LogP contribution in [0, 0.1) is 0 Å². The highest BCUT2D eigenvalue weighted by atomic mass is 35.5. The highest BCUT2D eigenvalue weighted by molar-refractivity contribution is 7.89. The Balaban J connectivity index is 2.40. The van der Waals surface area contributed by atoms with Gasteiger partial charge < -0.3 is 10.1 Å². The third kappa shape index (κ3) is 4.52. The molecule has 0 aliphatic rings. The van der Waals surface area contributed by atoms with Gasteiger partial charge in [-0.15, -0.1) is 0 Å². The Labute approximate surface area is 169 Å². The number of carbonyl (C=O) groups excluding carboxylic acids is 2. The van der Waals surface area contributed by atoms with Gasteiger partial charge in [0.1, 0.15) is 4.90 Å². The van der Waals surface area contributed by atoms with E-state index in [4.69, 9.17) is 16.3 Å². The topological polar surface area (TPSA) is 92.8 Å². The van der Waals surface area contributed by atoms with Crippen LogP contribution in [0.3, 0.4) is 0 Å². The number of nitrogens with zero attached hydrogens (tertiary/aromatic N) is 1. The van der Waals surface area contributed by atoms with E-state index in [-0.39, 0.29) is 39.8 Å². The highest BCUT2D eigenvalue weighted by Gasteiger charge is 2.26. The van der Waals surface area contributed by atoms with Crippen molar-refractivity contribution in [1.82, 2.24) is 4.31 Å². The number of esters is 1. The van der Waals surface area contributed by atoms with Gasteiger partial charge in [0.25, 0.3) is 5.91 Å². The smallest absolute Gasteiger partial charge is 0.339 e. The number of hydrogen-bond donors (Lipinski definition) is 1. The second-order valence-corrected chi connectivity index (χ2v) is 8.04. The van der Waals surface area contributed by atoms with Crippen LogP contribution in [0.5, 0.6) is 0 Å². The van der Waals surface area contributed by atoms with E-state index in [1.165, 1.54) is 35.7 Å². The van der Waals surface area contributed by atoms with Gasteiger partial charge in [-0.1, -0.05) is 37.6 Å². The predicted molar refractivity (Wildman–Crippen MR) is 107 cm³/mol. The van der Waals surface area contributed by atoms with Crippen molar-refractivity contribution >= 4 is 39.2 Å². The zero-order valence-electron chi connectivity index (χ0n) is 15.7. The second-order valence-electron chi connectivity index (χ2n) is 5.73. The summed E-state index contributed by atoms with van der Waals surface area (Å²) in [4.78, 5) is 24.4. The fourth-order valence-electron chi connectivity index (χ4n) is 2.62. The molecule has 2 aromatic carbocycles. The number of halogens is 1. The minimum atomic E-state index is -3.84. The fraction of sp³-hybridized carbons (Fsp3) is 0.263. The maximum atomic E-state index is 12.8. The minimum Gasteiger partial charge on any atom is -0.465 e. The number of anilines is 1. The lowest BCUT2D eigenvalue weighted by Gasteiger charge is -2.19. The van der Waals surface area contributed by atoms with Gasteiger partial charge in [0.2, 0.25) is 10.0 Å². The molecule has 2 rings (SSSR count). The van der Waals surface area contributed by atoms with Crippen LogP contribution in [0.25, 0.3) is 0 Å². The Morgan fingerprint density at radius 1 is 1.11 bits per heavy atom. The van der Waals surface area contributed by atoms with E-state index in [0.29, 0.717) is 0 Å². The van der Waals surface area contributed by atoms with Crippen molar-refractivity contribution in [3.63, 3.8) is 0 Å². The molecule has 1 amide bonds. The SMILES string of the molecule is CCN(CC)S(=O)(=O)c1cc(C(=O)Nc2ccccc2C(=O)OC)ccc1Cl. The summed E-state index contributed by atoms with van der Waals surface area (Å²) in [7, 11) is -2.60. The molecule has 2 aromatic rings. The third-order valence-corrected chi connectivity index (χ3v) is 6.63. The number of para-hydroxylation sites is 1. The quantitative estimate of drug-likeness (QED) is 0.687. The van der Waals surface area contributed by atoms with Crippen LogP contribution in [-0.2, 0) is 14.8 Å². The van der Waals surface area contributed by atoms with Gasteiger partial charge in [0.05, 0.1) is 23.4 Å². The van der Waals surface area contributed by atoms with Crippen LogP contribution in [-0.4, -0.2) is 44.8 Å². The molecule has 0 heterocycles. The Morgan fingerprint density at radius 2 is 1.75 bits per heavy atom. The van der Waals surface area contributed by atoms with Crippen LogP contribution in [0.1, 0.15) is 34.6 Å². The maximum Gasteiger partial charge on any atom is 0.339 e. The van der Waals surface area contributed by atoms with E-state index < -0.39 is 21.9 Å². The number of benzene rings is 2. The van der Waals surface area contributed by atoms with Gasteiger partial charge in [-0.2, -0.15) is 4.31 Å². The predicted octanol–water partition coefficient (Wildman–Crippen LogP) is 3.41. The molecule has 150 valence electrons. The molecule has 0 fully saturated rings. The van der Waals surface area contributed by atoms with Gasteiger partial charge in [0, 0.05) is 18.7 Å². The second kappa shape index (κ2) is 9.18. The lowest BCUT2D eigenvalue weighted by atomic mass is 10.1. The van der Waals surface area contributed by atoms with Crippen molar-refractivity contribution in [3.05, 3.63) is 58.6 Å². The lowest BCUT2D eigenvalue weighted by Crippen LogP contribution is -2.31. The lowest BCUT2D eigenvalue weighted by molar-refractivity contribution is 0.0602. The highest BCUT2D eigenvalue weighted by Crippen LogP contribution is 2.26. The van der Waals surface area contributed by atoms with Crippen LogP contribution >= 0.6 is 11.6 Å². The van der Waals surface area contributed by atoms with Gasteiger partial charge in [-0.25, -0.2) is 13.2 Å². The molecule has 0 radical (unpaired) electrons. The summed E-state index contributed by atoms with van der Waals surface area (Å²) >= 11 is 6.09. The number of ether oxygens (including phenoxy) is 1. The van der Waals surface area contributed by atoms with Crippen LogP contribution in [0.15, 0.2) is 47.4 Å². The molecule has 0 atom stereocenters. The van der Waals surface area contributed by atoms with Gasteiger partial charge in [-0.3, -0.25) is 4.79 Å². The van der Waals surface area contributed by atoms with Crippen LogP contribution < -0.4 is 5.32 Å². The molecule has 0 spiro atoms. The maximum absolute atomic E-state index is 12.8. The standard InChI is InChI=1S/C19H21ClN2O5S/c1-4-22(5-2)28(25,26)17-12-13(10-11-15(17)20)18(23)21-16-9-7-6-8-14(16)19(24)27-3/h6-12H,4-5H2,1-3H3,(H,21,23). The van der Waals surface area contributed by atoms with E-state index in [1.54, 1.807) is 32.0 Å². The monoisotopic (exact) mass is 424 g/mol. The third-order valence-electron chi connectivity index (χ3n) is 4.10. The molecule has 28 heavy (non-hydrogen) atoms. The zero-order valence-corrected chi connectivity index (χ0v) is 17.3. The first-order chi connectivity index (χ1) is 13.3. The van der Waals surface area contributed by atoms with Crippen molar-refractivity contribution in [2.45, 2.75) is 18.7 Å². The Bertz CT molecular complexity index is 988. The number of nitrogens with one attached hydrogen (secondary N) is 1. The number of amides is 1. The summed E-state index contributed by atoms with van der Waals surface area (Å²) in [6.45, 7) is 3.99. The van der Waals surface area contributed by atoms with E-state index in [9.17, 15) is 18.0 Å². The molecule has 0 aliphatic carbocycles. The fourth-order valence-corrected chi connectivity index (χ4v) is 4.58. The van der Waals surface area contributed by atoms with E-state index >= 15 is 0 Å². The summed E-state index contributed by atoms with van der Waals surface area (Å²) in [6.07, 6.45) is 0. The summed E-state index contributed by atoms with van der Waals surface area (Å²) in [5.41, 5.74) is 0.528. The van der Waals surface area contributed by atoms with Gasteiger partial charge in [-0.05, 0) is 30.3 Å². The Hall–Kier alpha value is -2.42. The molecule has 0 saturated carbocycles. The van der Waals surface area contributed by atoms with Crippen molar-refractivity contribution in [2.24, 2.45) is 0 Å². The molecule has 0 saturated heterocycles. The number of rotatable bonds is 7. The zero-order chi connectivity index (χ0) is 20.9. The summed E-state index contributed by atoms with van der Waals surface area (Å²) in [5, 5.41) is 2.63. The molecule has 0 unspecified atom stereocenters. The molecule has 1 N–H and O–H groups in total. The van der Waals surface area contributed by atoms with Gasteiger partial charge in [0.15, 0.2) is 0 Å². The van der Waals surface area contributed by atoms with E-state index in [0.717, 1.165) is 0 Å². The summed E-state index contributed by atoms with van der Waals surface area (Å²) < 4.78 is 31.5. The molecular weight excluding hydrogens is 404 g/mol. The van der Waals surface area contributed by atoms with Crippen molar-refractivity contribution < 1.29 is 22.7 Å². The van der Waals surface area contributed by atoms with Crippen LogP contribution in [0.4, 0.5) is 5.69 Å². The number of hydrogen-bond acceptors (Lipinski definition) is 5. The molecule has 0 aliphatic heterocycles. The number of sulfonamides is 1. The number of methoxy groups -OCH3 is 1. The normalized spacial score (nSPS) is 11.3. The molecule has 7 nitrogen and oxygen atoms in total. The van der Waals surface area contributed by atoms with E-state index in [2.05, 4.69) is 5.32 Å². The average Bonchev–Trinajstić information content (AvgIpc) is 2.68. The van der Waals surface area contributed by atoms with E-state index in [1.807, 2.05) is 0 Å². The first kappa shape index (κ1) is 21.9. The van der Waals surface area contributed by atoms with Crippen molar-refractivity contribution in [3.8, 4) is 0 Å². The summed E-state index contributed by atoms with van der Waals surface area (Å²) in [5.74, 6) is -1.18. The molecule has 9 heteroatoms. The minimum absolute atomic E-state index is 0.0263. The molecular formula is C19H21ClN2O5S. The Morgan fingerprint density at radius 3 is 2.36 bits per heavy atom. The average molecular weight is 425 g/mol. The molecule has 0 aromatic heterocycles. The largest absolute Gasteiger partial charge is 0.465 e. The van der Waals surface area contributed by atoms with Crippen LogP contribution in [0.2, 0.25) is 5.02 Å². The molecule has 0 bridgehead atoms. The first-order valence-corrected chi connectivity index (χ1v) is 10.4. The van der Waals surface area contributed by atoms with Gasteiger partial charge >= 0.3 is 5.97 Å². The Kier molecular flexibility index (Phi) is 7.17.